The molecule has 0 atom stereocenters. The molecule has 1 aromatic heterocycles. The predicted octanol–water partition coefficient (Wildman–Crippen LogP) is 5.05. The van der Waals surface area contributed by atoms with Gasteiger partial charge in [0.15, 0.2) is 11.5 Å². The van der Waals surface area contributed by atoms with Crippen molar-refractivity contribution in [1.82, 2.24) is 0 Å². The molecule has 128 valence electrons. The molecule has 0 aliphatic heterocycles. The second kappa shape index (κ2) is 8.58. The largest absolute Gasteiger partial charge is 0.490 e. The van der Waals surface area contributed by atoms with E-state index in [0.717, 1.165) is 16.0 Å². The maximum absolute atomic E-state index is 9.30. The summed E-state index contributed by atoms with van der Waals surface area (Å²) in [6.07, 6.45) is 6.89. The fraction of sp³-hybridized carbons (Fsp3) is 0.263. The number of halogens is 1. The van der Waals surface area contributed by atoms with E-state index in [9.17, 15) is 5.26 Å². The van der Waals surface area contributed by atoms with E-state index in [2.05, 4.69) is 17.0 Å². The van der Waals surface area contributed by atoms with Crippen LogP contribution in [0.4, 0.5) is 5.00 Å². The molecular formula is C19H17ClN2O2S. The SMILES string of the molecule is C#CCOc1c(Cl)cc(C=Nc2sc(C)c(C)c2C#N)cc1OCC. The lowest BCUT2D eigenvalue weighted by atomic mass is 10.2. The molecule has 2 aromatic rings. The van der Waals surface area contributed by atoms with Gasteiger partial charge in [-0.05, 0) is 44.0 Å². The van der Waals surface area contributed by atoms with Gasteiger partial charge in [0.25, 0.3) is 0 Å². The van der Waals surface area contributed by atoms with Gasteiger partial charge in [-0.15, -0.1) is 17.8 Å². The molecule has 4 nitrogen and oxygen atoms in total. The Morgan fingerprint density at radius 3 is 2.76 bits per heavy atom. The second-order valence-corrected chi connectivity index (χ2v) is 6.70. The fourth-order valence-electron chi connectivity index (χ4n) is 2.14. The van der Waals surface area contributed by atoms with Crippen LogP contribution in [0.15, 0.2) is 17.1 Å². The van der Waals surface area contributed by atoms with Gasteiger partial charge in [-0.1, -0.05) is 17.5 Å². The van der Waals surface area contributed by atoms with Gasteiger partial charge in [-0.25, -0.2) is 4.99 Å². The third-order valence-electron chi connectivity index (χ3n) is 3.44. The van der Waals surface area contributed by atoms with E-state index in [-0.39, 0.29) is 6.61 Å². The maximum atomic E-state index is 9.30. The van der Waals surface area contributed by atoms with Gasteiger partial charge in [-0.3, -0.25) is 0 Å². The molecule has 0 saturated carbocycles. The standard InChI is InChI=1S/C19H17ClN2O2S/c1-5-7-24-18-16(20)8-14(9-17(18)23-6-2)11-22-19-15(10-21)12(3)13(4)25-19/h1,8-9,11H,6-7H2,2-4H3. The first kappa shape index (κ1) is 18.9. The summed E-state index contributed by atoms with van der Waals surface area (Å²) in [5.41, 5.74) is 2.31. The van der Waals surface area contributed by atoms with Gasteiger partial charge in [0, 0.05) is 11.1 Å². The number of terminal acetylenes is 1. The Bertz CT molecular complexity index is 888. The van der Waals surface area contributed by atoms with Crippen LogP contribution in [-0.4, -0.2) is 19.4 Å². The van der Waals surface area contributed by atoms with Gasteiger partial charge in [0.05, 0.1) is 17.2 Å². The van der Waals surface area contributed by atoms with Crippen LogP contribution in [0.2, 0.25) is 5.02 Å². The first-order chi connectivity index (χ1) is 12.0. The van der Waals surface area contributed by atoms with E-state index in [0.29, 0.717) is 33.7 Å². The summed E-state index contributed by atoms with van der Waals surface area (Å²) in [5.74, 6) is 3.32. The Morgan fingerprint density at radius 2 is 2.12 bits per heavy atom. The Labute approximate surface area is 156 Å². The van der Waals surface area contributed by atoms with Crippen LogP contribution in [0, 0.1) is 37.5 Å². The molecule has 1 heterocycles. The highest BCUT2D eigenvalue weighted by Gasteiger charge is 2.13. The monoisotopic (exact) mass is 372 g/mol. The van der Waals surface area contributed by atoms with Crippen LogP contribution in [0.5, 0.6) is 11.5 Å². The van der Waals surface area contributed by atoms with Gasteiger partial charge in [-0.2, -0.15) is 5.26 Å². The third kappa shape index (κ3) is 4.33. The van der Waals surface area contributed by atoms with E-state index in [1.807, 2.05) is 20.8 Å². The third-order valence-corrected chi connectivity index (χ3v) is 4.84. The maximum Gasteiger partial charge on any atom is 0.181 e. The number of aliphatic imine (C=N–C) groups is 1. The molecule has 0 radical (unpaired) electrons. The number of thiophene rings is 1. The van der Waals surface area contributed by atoms with E-state index >= 15 is 0 Å². The smallest absolute Gasteiger partial charge is 0.181 e. The number of rotatable bonds is 6. The topological polar surface area (TPSA) is 54.6 Å². The van der Waals surface area contributed by atoms with Gasteiger partial charge in [0.2, 0.25) is 0 Å². The van der Waals surface area contributed by atoms with Crippen molar-refractivity contribution >= 4 is 34.2 Å². The lowest BCUT2D eigenvalue weighted by Crippen LogP contribution is -2.01. The molecule has 0 aliphatic rings. The number of hydrogen-bond donors (Lipinski definition) is 0. The lowest BCUT2D eigenvalue weighted by Gasteiger charge is -2.12. The Balaban J connectivity index is 2.39. The average molecular weight is 373 g/mol. The molecule has 0 N–H and O–H groups in total. The Morgan fingerprint density at radius 1 is 1.36 bits per heavy atom. The number of nitriles is 1. The Kier molecular flexibility index (Phi) is 6.47. The number of aryl methyl sites for hydroxylation is 1. The van der Waals surface area contributed by atoms with Crippen molar-refractivity contribution in [2.75, 3.05) is 13.2 Å². The van der Waals surface area contributed by atoms with Crippen molar-refractivity contribution in [2.45, 2.75) is 20.8 Å². The summed E-state index contributed by atoms with van der Waals surface area (Å²) >= 11 is 7.78. The van der Waals surface area contributed by atoms with Gasteiger partial charge >= 0.3 is 0 Å². The van der Waals surface area contributed by atoms with Gasteiger partial charge in [0.1, 0.15) is 17.7 Å². The van der Waals surface area contributed by atoms with E-state index in [4.69, 9.17) is 27.5 Å². The van der Waals surface area contributed by atoms with Crippen molar-refractivity contribution in [2.24, 2.45) is 4.99 Å². The summed E-state index contributed by atoms with van der Waals surface area (Å²) in [4.78, 5) is 5.53. The molecule has 0 saturated heterocycles. The first-order valence-corrected chi connectivity index (χ1v) is 8.78. The summed E-state index contributed by atoms with van der Waals surface area (Å²) in [6, 6.07) is 5.71. The lowest BCUT2D eigenvalue weighted by molar-refractivity contribution is 0.299. The summed E-state index contributed by atoms with van der Waals surface area (Å²) in [7, 11) is 0. The van der Waals surface area contributed by atoms with Crippen LogP contribution in [-0.2, 0) is 0 Å². The molecule has 0 fully saturated rings. The molecular weight excluding hydrogens is 356 g/mol. The summed E-state index contributed by atoms with van der Waals surface area (Å²) in [6.45, 7) is 6.33. The minimum atomic E-state index is 0.104. The number of hydrogen-bond acceptors (Lipinski definition) is 5. The minimum Gasteiger partial charge on any atom is -0.490 e. The van der Waals surface area contributed by atoms with Crippen LogP contribution >= 0.6 is 22.9 Å². The molecule has 0 bridgehead atoms. The van der Waals surface area contributed by atoms with Crippen molar-refractivity contribution < 1.29 is 9.47 Å². The highest BCUT2D eigenvalue weighted by Crippen LogP contribution is 2.37. The number of ether oxygens (including phenoxy) is 2. The van der Waals surface area contributed by atoms with Crippen LogP contribution in [0.25, 0.3) is 0 Å². The van der Waals surface area contributed by atoms with E-state index in [1.165, 1.54) is 11.3 Å². The van der Waals surface area contributed by atoms with E-state index < -0.39 is 0 Å². The highest BCUT2D eigenvalue weighted by molar-refractivity contribution is 7.16. The first-order valence-electron chi connectivity index (χ1n) is 7.58. The summed E-state index contributed by atoms with van der Waals surface area (Å²) < 4.78 is 11.1. The molecule has 1 aromatic carbocycles. The second-order valence-electron chi connectivity index (χ2n) is 5.09. The van der Waals surface area contributed by atoms with Crippen LogP contribution in [0.3, 0.4) is 0 Å². The van der Waals surface area contributed by atoms with Crippen molar-refractivity contribution in [3.8, 4) is 29.9 Å². The normalized spacial score (nSPS) is 10.5. The molecule has 0 spiro atoms. The highest BCUT2D eigenvalue weighted by atomic mass is 35.5. The molecule has 25 heavy (non-hydrogen) atoms. The fourth-order valence-corrected chi connectivity index (χ4v) is 3.37. The van der Waals surface area contributed by atoms with Crippen LogP contribution < -0.4 is 9.47 Å². The van der Waals surface area contributed by atoms with E-state index in [1.54, 1.807) is 18.3 Å². The van der Waals surface area contributed by atoms with Crippen molar-refractivity contribution in [1.29, 1.82) is 5.26 Å². The zero-order valence-corrected chi connectivity index (χ0v) is 15.8. The zero-order chi connectivity index (χ0) is 18.4. The molecule has 0 aliphatic carbocycles. The van der Waals surface area contributed by atoms with Crippen molar-refractivity contribution in [3.63, 3.8) is 0 Å². The summed E-state index contributed by atoms with van der Waals surface area (Å²) in [5, 5.41) is 10.4. The quantitative estimate of drug-likeness (QED) is 0.526. The number of benzene rings is 1. The number of nitrogens with zero attached hydrogens (tertiary/aromatic N) is 2. The molecule has 0 unspecified atom stereocenters. The minimum absolute atomic E-state index is 0.104. The molecule has 6 heteroatoms. The predicted molar refractivity (Wildman–Crippen MR) is 103 cm³/mol. The van der Waals surface area contributed by atoms with Crippen LogP contribution in [0.1, 0.15) is 28.5 Å². The molecule has 2 rings (SSSR count). The van der Waals surface area contributed by atoms with Gasteiger partial charge < -0.3 is 9.47 Å². The zero-order valence-electron chi connectivity index (χ0n) is 14.2. The molecule has 0 amide bonds. The van der Waals surface area contributed by atoms with Crippen molar-refractivity contribution in [3.05, 3.63) is 38.7 Å². The average Bonchev–Trinajstić information content (AvgIpc) is 2.86. The Hall–Kier alpha value is -2.47.